The Labute approximate surface area is 137 Å². The van der Waals surface area contributed by atoms with E-state index in [0.29, 0.717) is 38.6 Å². The van der Waals surface area contributed by atoms with E-state index < -0.39 is 10.0 Å². The minimum atomic E-state index is -3.14. The van der Waals surface area contributed by atoms with E-state index in [-0.39, 0.29) is 11.6 Å². The van der Waals surface area contributed by atoms with Gasteiger partial charge in [0.1, 0.15) is 5.82 Å². The van der Waals surface area contributed by atoms with E-state index in [1.54, 1.807) is 13.0 Å². The van der Waals surface area contributed by atoms with Gasteiger partial charge >= 0.3 is 0 Å². The van der Waals surface area contributed by atoms with E-state index in [1.165, 1.54) is 12.1 Å². The minimum absolute atomic E-state index is 0.0815. The molecule has 0 saturated carbocycles. The Morgan fingerprint density at radius 1 is 1.22 bits per heavy atom. The summed E-state index contributed by atoms with van der Waals surface area (Å²) >= 11 is 0. The summed E-state index contributed by atoms with van der Waals surface area (Å²) in [5.74, 6) is 0.423. The fourth-order valence-electron chi connectivity index (χ4n) is 1.77. The first kappa shape index (κ1) is 19.4. The highest BCUT2D eigenvalue weighted by atomic mass is 32.2. The topological polar surface area (TPSA) is 82.6 Å². The Balaban J connectivity index is 2.41. The molecule has 1 aromatic rings. The SMILES string of the molecule is CCNC(=NCc1cccc(F)c1)NCCCNS(=O)(=O)CC. The van der Waals surface area contributed by atoms with Crippen LogP contribution in [0.4, 0.5) is 4.39 Å². The second-order valence-electron chi connectivity index (χ2n) is 4.90. The van der Waals surface area contributed by atoms with Gasteiger partial charge in [-0.05, 0) is 38.0 Å². The third-order valence-electron chi connectivity index (χ3n) is 3.00. The molecule has 1 rings (SSSR count). The molecular weight excluding hydrogens is 319 g/mol. The van der Waals surface area contributed by atoms with Gasteiger partial charge in [0.2, 0.25) is 10.0 Å². The molecular formula is C15H25FN4O2S. The van der Waals surface area contributed by atoms with Crippen molar-refractivity contribution in [2.75, 3.05) is 25.4 Å². The summed E-state index contributed by atoms with van der Waals surface area (Å²) in [6.45, 7) is 5.60. The molecule has 6 nitrogen and oxygen atoms in total. The van der Waals surface area contributed by atoms with Crippen molar-refractivity contribution in [3.05, 3.63) is 35.6 Å². The van der Waals surface area contributed by atoms with Crippen molar-refractivity contribution < 1.29 is 12.8 Å². The van der Waals surface area contributed by atoms with E-state index in [1.807, 2.05) is 13.0 Å². The molecule has 0 spiro atoms. The highest BCUT2D eigenvalue weighted by Crippen LogP contribution is 2.04. The normalized spacial score (nSPS) is 12.2. The molecule has 0 atom stereocenters. The Morgan fingerprint density at radius 2 is 2.00 bits per heavy atom. The number of halogens is 1. The van der Waals surface area contributed by atoms with Gasteiger partial charge in [-0.25, -0.2) is 22.5 Å². The quantitative estimate of drug-likeness (QED) is 0.357. The van der Waals surface area contributed by atoms with Crippen LogP contribution in [0.3, 0.4) is 0 Å². The Hall–Kier alpha value is -1.67. The van der Waals surface area contributed by atoms with Crippen molar-refractivity contribution in [2.45, 2.75) is 26.8 Å². The molecule has 3 N–H and O–H groups in total. The zero-order chi connectivity index (χ0) is 17.1. The van der Waals surface area contributed by atoms with Crippen LogP contribution >= 0.6 is 0 Å². The number of benzene rings is 1. The highest BCUT2D eigenvalue weighted by Gasteiger charge is 2.04. The number of hydrogen-bond donors (Lipinski definition) is 3. The van der Waals surface area contributed by atoms with E-state index >= 15 is 0 Å². The summed E-state index contributed by atoms with van der Waals surface area (Å²) in [5.41, 5.74) is 0.790. The standard InChI is InChI=1S/C15H25FN4O2S/c1-3-17-15(18-9-6-10-20-23(21,22)4-2)19-12-13-7-5-8-14(16)11-13/h5,7-8,11,20H,3-4,6,9-10,12H2,1-2H3,(H2,17,18,19). The predicted molar refractivity (Wildman–Crippen MR) is 91.3 cm³/mol. The summed E-state index contributed by atoms with van der Waals surface area (Å²) in [4.78, 5) is 4.38. The third-order valence-corrected chi connectivity index (χ3v) is 4.41. The number of aliphatic imine (C=N–C) groups is 1. The number of nitrogens with zero attached hydrogens (tertiary/aromatic N) is 1. The lowest BCUT2D eigenvalue weighted by molar-refractivity contribution is 0.579. The maximum Gasteiger partial charge on any atom is 0.211 e. The Morgan fingerprint density at radius 3 is 2.65 bits per heavy atom. The zero-order valence-electron chi connectivity index (χ0n) is 13.6. The van der Waals surface area contributed by atoms with Crippen LogP contribution in [0.2, 0.25) is 0 Å². The molecule has 0 amide bonds. The van der Waals surface area contributed by atoms with Gasteiger partial charge in [0.15, 0.2) is 5.96 Å². The van der Waals surface area contributed by atoms with Crippen molar-refractivity contribution >= 4 is 16.0 Å². The lowest BCUT2D eigenvalue weighted by Crippen LogP contribution is -2.38. The van der Waals surface area contributed by atoms with E-state index in [9.17, 15) is 12.8 Å². The van der Waals surface area contributed by atoms with Crippen LogP contribution in [-0.4, -0.2) is 39.8 Å². The highest BCUT2D eigenvalue weighted by molar-refractivity contribution is 7.89. The van der Waals surface area contributed by atoms with Gasteiger partial charge in [0.25, 0.3) is 0 Å². The fraction of sp³-hybridized carbons (Fsp3) is 0.533. The van der Waals surface area contributed by atoms with Crippen LogP contribution in [0.1, 0.15) is 25.8 Å². The first-order valence-corrected chi connectivity index (χ1v) is 9.36. The second-order valence-corrected chi connectivity index (χ2v) is 7.00. The van der Waals surface area contributed by atoms with Crippen molar-refractivity contribution in [1.82, 2.24) is 15.4 Å². The lowest BCUT2D eigenvalue weighted by atomic mass is 10.2. The molecule has 0 aromatic heterocycles. The molecule has 0 fully saturated rings. The van der Waals surface area contributed by atoms with Gasteiger partial charge in [0.05, 0.1) is 12.3 Å². The molecule has 0 aliphatic heterocycles. The Bertz CT molecular complexity index is 605. The molecule has 1 aromatic carbocycles. The van der Waals surface area contributed by atoms with Crippen LogP contribution in [0.5, 0.6) is 0 Å². The summed E-state index contributed by atoms with van der Waals surface area (Å²) < 4.78 is 38.2. The summed E-state index contributed by atoms with van der Waals surface area (Å²) in [6, 6.07) is 6.32. The maximum atomic E-state index is 13.1. The van der Waals surface area contributed by atoms with E-state index in [0.717, 1.165) is 5.56 Å². The fourth-order valence-corrected chi connectivity index (χ4v) is 2.43. The number of sulfonamides is 1. The van der Waals surface area contributed by atoms with Gasteiger partial charge in [0, 0.05) is 19.6 Å². The largest absolute Gasteiger partial charge is 0.357 e. The molecule has 0 bridgehead atoms. The first-order valence-electron chi connectivity index (χ1n) is 7.70. The number of guanidine groups is 1. The van der Waals surface area contributed by atoms with Crippen molar-refractivity contribution in [3.63, 3.8) is 0 Å². The van der Waals surface area contributed by atoms with Gasteiger partial charge in [-0.1, -0.05) is 12.1 Å². The van der Waals surface area contributed by atoms with Crippen LogP contribution in [0.15, 0.2) is 29.3 Å². The molecule has 23 heavy (non-hydrogen) atoms. The third kappa shape index (κ3) is 8.51. The second kappa shape index (κ2) is 10.2. The molecule has 0 radical (unpaired) electrons. The van der Waals surface area contributed by atoms with E-state index in [2.05, 4.69) is 20.3 Å². The summed E-state index contributed by atoms with van der Waals surface area (Å²) in [5, 5.41) is 6.21. The Kier molecular flexibility index (Phi) is 8.57. The lowest BCUT2D eigenvalue weighted by Gasteiger charge is -2.11. The molecule has 0 aliphatic rings. The van der Waals surface area contributed by atoms with Crippen LogP contribution in [0, 0.1) is 5.82 Å². The van der Waals surface area contributed by atoms with Gasteiger partial charge in [-0.2, -0.15) is 0 Å². The molecule has 0 aliphatic carbocycles. The van der Waals surface area contributed by atoms with Gasteiger partial charge in [-0.3, -0.25) is 0 Å². The van der Waals surface area contributed by atoms with Gasteiger partial charge in [-0.15, -0.1) is 0 Å². The van der Waals surface area contributed by atoms with Crippen molar-refractivity contribution in [3.8, 4) is 0 Å². The summed E-state index contributed by atoms with van der Waals surface area (Å²) in [7, 11) is -3.14. The molecule has 0 saturated heterocycles. The first-order chi connectivity index (χ1) is 11.0. The monoisotopic (exact) mass is 344 g/mol. The predicted octanol–water partition coefficient (Wildman–Crippen LogP) is 1.21. The minimum Gasteiger partial charge on any atom is -0.357 e. The maximum absolute atomic E-state index is 13.1. The number of nitrogens with one attached hydrogen (secondary N) is 3. The number of hydrogen-bond acceptors (Lipinski definition) is 3. The average molecular weight is 344 g/mol. The van der Waals surface area contributed by atoms with E-state index in [4.69, 9.17) is 0 Å². The zero-order valence-corrected chi connectivity index (χ0v) is 14.4. The smallest absolute Gasteiger partial charge is 0.211 e. The van der Waals surface area contributed by atoms with Gasteiger partial charge < -0.3 is 10.6 Å². The molecule has 8 heteroatoms. The van der Waals surface area contributed by atoms with Crippen molar-refractivity contribution in [2.24, 2.45) is 4.99 Å². The van der Waals surface area contributed by atoms with Crippen LogP contribution in [0.25, 0.3) is 0 Å². The average Bonchev–Trinajstić information content (AvgIpc) is 2.52. The molecule has 0 heterocycles. The van der Waals surface area contributed by atoms with Crippen LogP contribution < -0.4 is 15.4 Å². The van der Waals surface area contributed by atoms with Crippen LogP contribution in [-0.2, 0) is 16.6 Å². The van der Waals surface area contributed by atoms with Crippen molar-refractivity contribution in [1.29, 1.82) is 0 Å². The number of rotatable bonds is 9. The summed E-state index contributed by atoms with van der Waals surface area (Å²) in [6.07, 6.45) is 0.642. The molecule has 0 unspecified atom stereocenters. The molecule has 130 valence electrons.